The fourth-order valence-corrected chi connectivity index (χ4v) is 2.22. The molecule has 2 rings (SSSR count). The van der Waals surface area contributed by atoms with Crippen LogP contribution in [0, 0.1) is 0 Å². The molecular formula is C10H15N7OS. The Morgan fingerprint density at radius 3 is 2.95 bits per heavy atom. The van der Waals surface area contributed by atoms with Crippen LogP contribution in [-0.2, 0) is 13.5 Å². The molecule has 0 spiro atoms. The molecule has 0 aromatic carbocycles. The number of anilines is 2. The smallest absolute Gasteiger partial charge is 0.265 e. The van der Waals surface area contributed by atoms with Crippen LogP contribution >= 0.6 is 11.3 Å². The fraction of sp³-hybridized carbons (Fsp3) is 0.400. The highest BCUT2D eigenvalue weighted by Crippen LogP contribution is 2.23. The number of amides is 1. The van der Waals surface area contributed by atoms with Crippen LogP contribution in [0.15, 0.2) is 6.33 Å². The molecule has 4 N–H and O–H groups in total. The van der Waals surface area contributed by atoms with Gasteiger partial charge in [-0.3, -0.25) is 9.48 Å². The Morgan fingerprint density at radius 2 is 2.37 bits per heavy atom. The lowest BCUT2D eigenvalue weighted by atomic mass is 10.4. The molecule has 2 heterocycles. The highest BCUT2D eigenvalue weighted by molar-refractivity contribution is 7.18. The van der Waals surface area contributed by atoms with E-state index in [2.05, 4.69) is 25.7 Å². The van der Waals surface area contributed by atoms with E-state index in [4.69, 9.17) is 5.73 Å². The van der Waals surface area contributed by atoms with E-state index >= 15 is 0 Å². The van der Waals surface area contributed by atoms with Gasteiger partial charge in [-0.2, -0.15) is 5.10 Å². The maximum absolute atomic E-state index is 11.9. The second kappa shape index (κ2) is 5.65. The number of nitrogens with two attached hydrogens (primary N) is 1. The van der Waals surface area contributed by atoms with Crippen molar-refractivity contribution in [2.75, 3.05) is 24.6 Å². The van der Waals surface area contributed by atoms with Crippen molar-refractivity contribution < 1.29 is 4.79 Å². The maximum atomic E-state index is 11.9. The fourth-order valence-electron chi connectivity index (χ4n) is 1.47. The SMILES string of the molecule is CNc1nc(N)c(C(=O)NCCc2ncn(C)n2)s1. The number of nitrogens with zero attached hydrogens (tertiary/aromatic N) is 4. The zero-order chi connectivity index (χ0) is 13.8. The number of aromatic nitrogens is 4. The minimum atomic E-state index is -0.229. The minimum absolute atomic E-state index is 0.229. The lowest BCUT2D eigenvalue weighted by Crippen LogP contribution is -2.25. The molecule has 0 aliphatic rings. The van der Waals surface area contributed by atoms with Crippen LogP contribution in [0.4, 0.5) is 10.9 Å². The van der Waals surface area contributed by atoms with Crippen molar-refractivity contribution in [1.29, 1.82) is 0 Å². The molecule has 0 aliphatic heterocycles. The molecule has 0 atom stereocenters. The summed E-state index contributed by atoms with van der Waals surface area (Å²) in [5, 5.41) is 10.4. The van der Waals surface area contributed by atoms with E-state index in [0.29, 0.717) is 28.8 Å². The largest absolute Gasteiger partial charge is 0.382 e. The van der Waals surface area contributed by atoms with Gasteiger partial charge in [0.25, 0.3) is 5.91 Å². The Hall–Kier alpha value is -2.16. The molecule has 9 heteroatoms. The Labute approximate surface area is 114 Å². The Kier molecular flexibility index (Phi) is 3.95. The van der Waals surface area contributed by atoms with E-state index < -0.39 is 0 Å². The predicted octanol–water partition coefficient (Wildman–Crippen LogP) is -0.132. The lowest BCUT2D eigenvalue weighted by molar-refractivity contribution is 0.0958. The third-order valence-electron chi connectivity index (χ3n) is 2.35. The van der Waals surface area contributed by atoms with Gasteiger partial charge < -0.3 is 16.4 Å². The summed E-state index contributed by atoms with van der Waals surface area (Å²) in [5.41, 5.74) is 5.67. The normalized spacial score (nSPS) is 10.4. The van der Waals surface area contributed by atoms with Crippen LogP contribution < -0.4 is 16.4 Å². The molecule has 8 nitrogen and oxygen atoms in total. The van der Waals surface area contributed by atoms with Gasteiger partial charge in [-0.05, 0) is 0 Å². The van der Waals surface area contributed by atoms with Crippen LogP contribution in [0.3, 0.4) is 0 Å². The number of nitrogens with one attached hydrogen (secondary N) is 2. The molecule has 2 aromatic rings. The van der Waals surface area contributed by atoms with Crippen LogP contribution in [0.5, 0.6) is 0 Å². The number of carbonyl (C=O) groups is 1. The molecule has 0 radical (unpaired) electrons. The zero-order valence-electron chi connectivity index (χ0n) is 10.7. The number of thiazole rings is 1. The molecule has 0 fully saturated rings. The molecule has 0 bridgehead atoms. The average molecular weight is 281 g/mol. The van der Waals surface area contributed by atoms with Gasteiger partial charge in [-0.15, -0.1) is 0 Å². The molecule has 2 aromatic heterocycles. The standard InChI is InChI=1S/C10H15N7OS/c1-12-10-15-8(11)7(19-10)9(18)13-4-3-6-14-5-17(2)16-6/h5H,3-4,11H2,1-2H3,(H,12,15)(H,13,18). The molecular weight excluding hydrogens is 266 g/mol. The van der Waals surface area contributed by atoms with Crippen LogP contribution in [-0.4, -0.2) is 39.2 Å². The summed E-state index contributed by atoms with van der Waals surface area (Å²) < 4.78 is 1.62. The second-order valence-corrected chi connectivity index (χ2v) is 4.82. The number of hydrogen-bond donors (Lipinski definition) is 3. The molecule has 0 unspecified atom stereocenters. The molecule has 19 heavy (non-hydrogen) atoms. The zero-order valence-corrected chi connectivity index (χ0v) is 11.5. The number of hydrogen-bond acceptors (Lipinski definition) is 7. The summed E-state index contributed by atoms with van der Waals surface area (Å²) in [6.45, 7) is 0.453. The first-order valence-corrected chi connectivity index (χ1v) is 6.48. The lowest BCUT2D eigenvalue weighted by Gasteiger charge is -2.01. The summed E-state index contributed by atoms with van der Waals surface area (Å²) >= 11 is 1.22. The van der Waals surface area contributed by atoms with E-state index in [1.54, 1.807) is 25.1 Å². The number of nitrogen functional groups attached to an aromatic ring is 1. The van der Waals surface area contributed by atoms with Gasteiger partial charge in [0.1, 0.15) is 17.0 Å². The quantitative estimate of drug-likeness (QED) is 0.704. The Bertz CT molecular complexity index is 576. The number of carbonyl (C=O) groups excluding carboxylic acids is 1. The van der Waals surface area contributed by atoms with Gasteiger partial charge in [0.15, 0.2) is 11.0 Å². The van der Waals surface area contributed by atoms with Crippen molar-refractivity contribution in [1.82, 2.24) is 25.1 Å². The van der Waals surface area contributed by atoms with Crippen LogP contribution in [0.1, 0.15) is 15.5 Å². The molecule has 0 saturated heterocycles. The summed E-state index contributed by atoms with van der Waals surface area (Å²) in [6, 6.07) is 0. The Morgan fingerprint density at radius 1 is 1.58 bits per heavy atom. The topological polar surface area (TPSA) is 111 Å². The summed E-state index contributed by atoms with van der Waals surface area (Å²) in [6.07, 6.45) is 2.20. The summed E-state index contributed by atoms with van der Waals surface area (Å²) in [5.74, 6) is 0.700. The molecule has 0 saturated carbocycles. The monoisotopic (exact) mass is 281 g/mol. The van der Waals surface area contributed by atoms with E-state index in [-0.39, 0.29) is 11.7 Å². The summed E-state index contributed by atoms with van der Waals surface area (Å²) in [7, 11) is 3.53. The molecule has 0 aliphatic carbocycles. The van der Waals surface area contributed by atoms with Gasteiger partial charge in [0.05, 0.1) is 0 Å². The van der Waals surface area contributed by atoms with E-state index in [9.17, 15) is 4.79 Å². The van der Waals surface area contributed by atoms with E-state index in [0.717, 1.165) is 0 Å². The van der Waals surface area contributed by atoms with Gasteiger partial charge >= 0.3 is 0 Å². The number of rotatable bonds is 5. The minimum Gasteiger partial charge on any atom is -0.382 e. The van der Waals surface area contributed by atoms with Crippen molar-refractivity contribution in [3.8, 4) is 0 Å². The first-order valence-electron chi connectivity index (χ1n) is 5.67. The third kappa shape index (κ3) is 3.19. The second-order valence-electron chi connectivity index (χ2n) is 3.82. The van der Waals surface area contributed by atoms with Gasteiger partial charge in [-0.1, -0.05) is 11.3 Å². The maximum Gasteiger partial charge on any atom is 0.265 e. The van der Waals surface area contributed by atoms with Crippen molar-refractivity contribution in [3.05, 3.63) is 17.0 Å². The average Bonchev–Trinajstić information content (AvgIpc) is 2.95. The number of aryl methyl sites for hydroxylation is 1. The van der Waals surface area contributed by atoms with Gasteiger partial charge in [-0.25, -0.2) is 9.97 Å². The Balaban J connectivity index is 1.88. The first-order chi connectivity index (χ1) is 9.10. The van der Waals surface area contributed by atoms with Crippen molar-refractivity contribution in [2.24, 2.45) is 7.05 Å². The van der Waals surface area contributed by atoms with Crippen molar-refractivity contribution in [3.63, 3.8) is 0 Å². The molecule has 102 valence electrons. The third-order valence-corrected chi connectivity index (χ3v) is 3.44. The van der Waals surface area contributed by atoms with E-state index in [1.165, 1.54) is 11.3 Å². The van der Waals surface area contributed by atoms with Gasteiger partial charge in [0.2, 0.25) is 0 Å². The van der Waals surface area contributed by atoms with Gasteiger partial charge in [0, 0.05) is 27.1 Å². The highest BCUT2D eigenvalue weighted by Gasteiger charge is 2.15. The van der Waals surface area contributed by atoms with Crippen molar-refractivity contribution in [2.45, 2.75) is 6.42 Å². The van der Waals surface area contributed by atoms with Crippen molar-refractivity contribution >= 4 is 28.2 Å². The van der Waals surface area contributed by atoms with Crippen LogP contribution in [0.25, 0.3) is 0 Å². The predicted molar refractivity (Wildman–Crippen MR) is 73.1 cm³/mol. The first kappa shape index (κ1) is 13.3. The molecule has 1 amide bonds. The van der Waals surface area contributed by atoms with Crippen LogP contribution in [0.2, 0.25) is 0 Å². The van der Waals surface area contributed by atoms with E-state index in [1.807, 2.05) is 0 Å². The summed E-state index contributed by atoms with van der Waals surface area (Å²) in [4.78, 5) is 20.4. The highest BCUT2D eigenvalue weighted by atomic mass is 32.1.